The van der Waals surface area contributed by atoms with Gasteiger partial charge in [-0.2, -0.15) is 0 Å². The van der Waals surface area contributed by atoms with Gasteiger partial charge in [0.25, 0.3) is 0 Å². The number of nitrogens with zero attached hydrogens (tertiary/aromatic N) is 1. The summed E-state index contributed by atoms with van der Waals surface area (Å²) in [6, 6.07) is 7.33. The molecule has 0 aliphatic carbocycles. The van der Waals surface area contributed by atoms with Crippen molar-refractivity contribution >= 4 is 5.69 Å². The molecule has 2 aromatic rings. The van der Waals surface area contributed by atoms with Gasteiger partial charge in [-0.05, 0) is 24.3 Å². The standard InChI is InChI=1S/C13H14N2O2/c1-16-9-3-4-13(17-2)10(7-9)11-8-15-6-5-12(11)14/h3-8H,1-2H3,(H2,14,15). The minimum absolute atomic E-state index is 0.659. The van der Waals surface area contributed by atoms with E-state index in [1.54, 1.807) is 32.7 Å². The largest absolute Gasteiger partial charge is 0.497 e. The van der Waals surface area contributed by atoms with Crippen molar-refractivity contribution in [1.29, 1.82) is 0 Å². The molecule has 1 aromatic carbocycles. The Morgan fingerprint density at radius 3 is 2.53 bits per heavy atom. The summed E-state index contributed by atoms with van der Waals surface area (Å²) >= 11 is 0. The van der Waals surface area contributed by atoms with Crippen LogP contribution in [-0.2, 0) is 0 Å². The maximum absolute atomic E-state index is 5.93. The highest BCUT2D eigenvalue weighted by atomic mass is 16.5. The Balaban J connectivity index is 2.60. The summed E-state index contributed by atoms with van der Waals surface area (Å²) < 4.78 is 10.5. The second-order valence-electron chi connectivity index (χ2n) is 3.53. The molecule has 2 N–H and O–H groups in total. The van der Waals surface area contributed by atoms with E-state index in [-0.39, 0.29) is 0 Å². The topological polar surface area (TPSA) is 57.4 Å². The lowest BCUT2D eigenvalue weighted by Gasteiger charge is -2.11. The SMILES string of the molecule is COc1ccc(OC)c(-c2cnccc2N)c1. The zero-order valence-corrected chi connectivity index (χ0v) is 9.81. The van der Waals surface area contributed by atoms with Gasteiger partial charge in [0.05, 0.1) is 14.2 Å². The molecule has 4 nitrogen and oxygen atoms in total. The summed E-state index contributed by atoms with van der Waals surface area (Å²) in [5.41, 5.74) is 8.30. The van der Waals surface area contributed by atoms with Crippen molar-refractivity contribution in [2.75, 3.05) is 20.0 Å². The zero-order valence-electron chi connectivity index (χ0n) is 9.81. The van der Waals surface area contributed by atoms with Crippen molar-refractivity contribution in [2.24, 2.45) is 0 Å². The number of pyridine rings is 1. The van der Waals surface area contributed by atoms with E-state index in [1.165, 1.54) is 0 Å². The number of ether oxygens (including phenoxy) is 2. The molecule has 0 unspecified atom stereocenters. The molecule has 0 atom stereocenters. The Morgan fingerprint density at radius 2 is 1.88 bits per heavy atom. The van der Waals surface area contributed by atoms with Crippen LogP contribution in [0, 0.1) is 0 Å². The minimum atomic E-state index is 0.659. The number of anilines is 1. The second-order valence-corrected chi connectivity index (χ2v) is 3.53. The fourth-order valence-electron chi connectivity index (χ4n) is 1.65. The average molecular weight is 230 g/mol. The third-order valence-corrected chi connectivity index (χ3v) is 2.55. The van der Waals surface area contributed by atoms with E-state index < -0.39 is 0 Å². The van der Waals surface area contributed by atoms with Crippen LogP contribution < -0.4 is 15.2 Å². The number of nitrogens with two attached hydrogens (primary N) is 1. The van der Waals surface area contributed by atoms with Gasteiger partial charge < -0.3 is 15.2 Å². The normalized spacial score (nSPS) is 10.0. The van der Waals surface area contributed by atoms with Crippen LogP contribution in [-0.4, -0.2) is 19.2 Å². The van der Waals surface area contributed by atoms with Gasteiger partial charge in [-0.3, -0.25) is 4.98 Å². The van der Waals surface area contributed by atoms with Gasteiger partial charge in [-0.1, -0.05) is 0 Å². The first-order chi connectivity index (χ1) is 8.26. The van der Waals surface area contributed by atoms with Crippen LogP contribution in [0.2, 0.25) is 0 Å². The van der Waals surface area contributed by atoms with E-state index in [0.29, 0.717) is 5.69 Å². The van der Waals surface area contributed by atoms with Gasteiger partial charge in [0.1, 0.15) is 11.5 Å². The molecule has 0 saturated heterocycles. The number of hydrogen-bond donors (Lipinski definition) is 1. The van der Waals surface area contributed by atoms with Crippen molar-refractivity contribution in [3.05, 3.63) is 36.7 Å². The first kappa shape index (κ1) is 11.3. The average Bonchev–Trinajstić information content (AvgIpc) is 2.38. The van der Waals surface area contributed by atoms with E-state index >= 15 is 0 Å². The summed E-state index contributed by atoms with van der Waals surface area (Å²) in [5.74, 6) is 1.49. The molecule has 0 fully saturated rings. The molecule has 0 bridgehead atoms. The van der Waals surface area contributed by atoms with Crippen LogP contribution in [0.5, 0.6) is 11.5 Å². The Morgan fingerprint density at radius 1 is 1.06 bits per heavy atom. The highest BCUT2D eigenvalue weighted by Crippen LogP contribution is 2.35. The van der Waals surface area contributed by atoms with E-state index in [4.69, 9.17) is 15.2 Å². The highest BCUT2D eigenvalue weighted by Gasteiger charge is 2.10. The van der Waals surface area contributed by atoms with Crippen molar-refractivity contribution in [2.45, 2.75) is 0 Å². The molecule has 1 aromatic heterocycles. The molecule has 0 aliphatic rings. The summed E-state index contributed by atoms with van der Waals surface area (Å²) in [6.07, 6.45) is 3.37. The van der Waals surface area contributed by atoms with E-state index in [0.717, 1.165) is 22.6 Å². The first-order valence-electron chi connectivity index (χ1n) is 5.18. The first-order valence-corrected chi connectivity index (χ1v) is 5.18. The third-order valence-electron chi connectivity index (χ3n) is 2.55. The van der Waals surface area contributed by atoms with Gasteiger partial charge in [0.2, 0.25) is 0 Å². The molecule has 0 aliphatic heterocycles. The number of hydrogen-bond acceptors (Lipinski definition) is 4. The molecule has 4 heteroatoms. The number of benzene rings is 1. The number of aromatic nitrogens is 1. The van der Waals surface area contributed by atoms with Crippen LogP contribution >= 0.6 is 0 Å². The van der Waals surface area contributed by atoms with Gasteiger partial charge in [0, 0.05) is 29.2 Å². The monoisotopic (exact) mass is 230 g/mol. The molecule has 1 heterocycles. The van der Waals surface area contributed by atoms with Crippen molar-refractivity contribution < 1.29 is 9.47 Å². The van der Waals surface area contributed by atoms with Gasteiger partial charge in [-0.25, -0.2) is 0 Å². The molecule has 0 amide bonds. The fraction of sp³-hybridized carbons (Fsp3) is 0.154. The molecular weight excluding hydrogens is 216 g/mol. The lowest BCUT2D eigenvalue weighted by Crippen LogP contribution is -1.94. The lowest BCUT2D eigenvalue weighted by atomic mass is 10.0. The summed E-state index contributed by atoms with van der Waals surface area (Å²) in [6.45, 7) is 0. The zero-order chi connectivity index (χ0) is 12.3. The summed E-state index contributed by atoms with van der Waals surface area (Å²) in [5, 5.41) is 0. The molecular formula is C13H14N2O2. The quantitative estimate of drug-likeness (QED) is 0.879. The maximum Gasteiger partial charge on any atom is 0.127 e. The number of rotatable bonds is 3. The lowest BCUT2D eigenvalue weighted by molar-refractivity contribution is 0.404. The molecule has 17 heavy (non-hydrogen) atoms. The van der Waals surface area contributed by atoms with Crippen LogP contribution in [0.1, 0.15) is 0 Å². The molecule has 88 valence electrons. The van der Waals surface area contributed by atoms with Crippen molar-refractivity contribution in [3.63, 3.8) is 0 Å². The maximum atomic E-state index is 5.93. The number of methoxy groups -OCH3 is 2. The molecule has 2 rings (SSSR count). The van der Waals surface area contributed by atoms with E-state index in [1.807, 2.05) is 18.2 Å². The van der Waals surface area contributed by atoms with Gasteiger partial charge >= 0.3 is 0 Å². The predicted molar refractivity (Wildman–Crippen MR) is 67.2 cm³/mol. The smallest absolute Gasteiger partial charge is 0.127 e. The molecule has 0 radical (unpaired) electrons. The van der Waals surface area contributed by atoms with Crippen LogP contribution in [0.25, 0.3) is 11.1 Å². The minimum Gasteiger partial charge on any atom is -0.497 e. The third kappa shape index (κ3) is 2.15. The van der Waals surface area contributed by atoms with Crippen molar-refractivity contribution in [3.8, 4) is 22.6 Å². The Hall–Kier alpha value is -2.23. The molecule has 0 spiro atoms. The van der Waals surface area contributed by atoms with Gasteiger partial charge in [-0.15, -0.1) is 0 Å². The Bertz CT molecular complexity index is 527. The summed E-state index contributed by atoms with van der Waals surface area (Å²) in [7, 11) is 3.25. The Labute approximate surface area is 100 Å². The van der Waals surface area contributed by atoms with Crippen LogP contribution in [0.3, 0.4) is 0 Å². The van der Waals surface area contributed by atoms with Crippen LogP contribution in [0.4, 0.5) is 5.69 Å². The predicted octanol–water partition coefficient (Wildman–Crippen LogP) is 2.35. The van der Waals surface area contributed by atoms with Crippen molar-refractivity contribution in [1.82, 2.24) is 4.98 Å². The van der Waals surface area contributed by atoms with Crippen LogP contribution in [0.15, 0.2) is 36.7 Å². The Kier molecular flexibility index (Phi) is 3.14. The molecule has 0 saturated carbocycles. The summed E-state index contributed by atoms with van der Waals surface area (Å²) in [4.78, 5) is 4.08. The van der Waals surface area contributed by atoms with Gasteiger partial charge in [0.15, 0.2) is 0 Å². The fourth-order valence-corrected chi connectivity index (χ4v) is 1.65. The van der Waals surface area contributed by atoms with E-state index in [9.17, 15) is 0 Å². The number of nitrogen functional groups attached to an aromatic ring is 1. The second kappa shape index (κ2) is 4.74. The van der Waals surface area contributed by atoms with E-state index in [2.05, 4.69) is 4.98 Å². The highest BCUT2D eigenvalue weighted by molar-refractivity contribution is 5.80.